The third kappa shape index (κ3) is 5.65. The van der Waals surface area contributed by atoms with Crippen LogP contribution in [0.4, 0.5) is 4.79 Å². The zero-order valence-corrected chi connectivity index (χ0v) is 20.5. The van der Waals surface area contributed by atoms with Crippen LogP contribution in [-0.2, 0) is 31.9 Å². The molecule has 1 unspecified atom stereocenters. The Hall–Kier alpha value is -3.19. The minimum absolute atomic E-state index is 0.126. The molecule has 1 saturated heterocycles. The molecule has 2 heterocycles. The molecule has 0 radical (unpaired) electrons. The molecule has 6 nitrogen and oxygen atoms in total. The molecule has 3 aromatic rings. The van der Waals surface area contributed by atoms with Crippen LogP contribution in [0.25, 0.3) is 10.1 Å². The zero-order chi connectivity index (χ0) is 24.3. The van der Waals surface area contributed by atoms with E-state index in [0.29, 0.717) is 12.8 Å². The number of rotatable bonds is 7. The molecule has 178 valence electrons. The first-order valence-electron chi connectivity index (χ1n) is 11.4. The summed E-state index contributed by atoms with van der Waals surface area (Å²) in [4.78, 5) is 40.1. The van der Waals surface area contributed by atoms with Crippen LogP contribution < -0.4 is 0 Å². The Kier molecular flexibility index (Phi) is 7.03. The molecule has 0 saturated carbocycles. The normalized spacial score (nSPS) is 17.0. The van der Waals surface area contributed by atoms with E-state index in [4.69, 9.17) is 9.47 Å². The van der Waals surface area contributed by atoms with Crippen molar-refractivity contribution in [1.29, 1.82) is 0 Å². The summed E-state index contributed by atoms with van der Waals surface area (Å²) in [7, 11) is 0. The summed E-state index contributed by atoms with van der Waals surface area (Å²) in [5.74, 6) is -1.57. The summed E-state index contributed by atoms with van der Waals surface area (Å²) >= 11 is 1.61. The molecule has 2 aromatic carbocycles. The molecule has 4 rings (SSSR count). The number of nitrogens with zero attached hydrogens (tertiary/aromatic N) is 1. The molecule has 2 amide bonds. The SMILES string of the molecule is CC(C)(C)OC(=O)[C@H](CC(=O)N1C(=O)OCC1Cc1ccccc1)Cc1csc2ccccc12. The zero-order valence-electron chi connectivity index (χ0n) is 19.7. The summed E-state index contributed by atoms with van der Waals surface area (Å²) in [6.45, 7) is 5.55. The fourth-order valence-electron chi connectivity index (χ4n) is 4.19. The van der Waals surface area contributed by atoms with Crippen LogP contribution in [-0.4, -0.2) is 41.1 Å². The largest absolute Gasteiger partial charge is 0.460 e. The van der Waals surface area contributed by atoms with Gasteiger partial charge in [0.1, 0.15) is 12.2 Å². The third-order valence-corrected chi connectivity index (χ3v) is 6.74. The fraction of sp³-hybridized carbons (Fsp3) is 0.370. The molecule has 0 N–H and O–H groups in total. The second kappa shape index (κ2) is 9.97. The molecular weight excluding hydrogens is 450 g/mol. The van der Waals surface area contributed by atoms with E-state index in [-0.39, 0.29) is 13.0 Å². The third-order valence-electron chi connectivity index (χ3n) is 5.73. The second-order valence-corrected chi connectivity index (χ2v) is 10.5. The molecule has 1 fully saturated rings. The van der Waals surface area contributed by atoms with E-state index in [2.05, 4.69) is 0 Å². The van der Waals surface area contributed by atoms with Gasteiger partial charge >= 0.3 is 12.1 Å². The van der Waals surface area contributed by atoms with Gasteiger partial charge in [-0.15, -0.1) is 11.3 Å². The van der Waals surface area contributed by atoms with Gasteiger partial charge in [0.05, 0.1) is 12.0 Å². The number of amides is 2. The number of thiophene rings is 1. The summed E-state index contributed by atoms with van der Waals surface area (Å²) in [5, 5.41) is 3.09. The molecule has 1 aromatic heterocycles. The predicted molar refractivity (Wildman–Crippen MR) is 132 cm³/mol. The summed E-state index contributed by atoms with van der Waals surface area (Å²) in [6, 6.07) is 17.3. The van der Waals surface area contributed by atoms with Crippen molar-refractivity contribution in [2.75, 3.05) is 6.61 Å². The van der Waals surface area contributed by atoms with Crippen molar-refractivity contribution < 1.29 is 23.9 Å². The number of hydrogen-bond acceptors (Lipinski definition) is 6. The minimum Gasteiger partial charge on any atom is -0.460 e. The number of carbonyl (C=O) groups excluding carboxylic acids is 3. The van der Waals surface area contributed by atoms with E-state index in [1.807, 2.05) is 60.0 Å². The van der Waals surface area contributed by atoms with Gasteiger partial charge in [-0.2, -0.15) is 0 Å². The molecule has 1 aliphatic rings. The molecule has 34 heavy (non-hydrogen) atoms. The average Bonchev–Trinajstić information content (AvgIpc) is 3.36. The highest BCUT2D eigenvalue weighted by molar-refractivity contribution is 7.17. The molecule has 1 aliphatic heterocycles. The van der Waals surface area contributed by atoms with Crippen molar-refractivity contribution in [3.63, 3.8) is 0 Å². The minimum atomic E-state index is -0.712. The van der Waals surface area contributed by atoms with Gasteiger partial charge in [0, 0.05) is 11.1 Å². The monoisotopic (exact) mass is 479 g/mol. The Morgan fingerprint density at radius 3 is 2.56 bits per heavy atom. The van der Waals surface area contributed by atoms with Crippen LogP contribution in [0, 0.1) is 5.92 Å². The van der Waals surface area contributed by atoms with E-state index >= 15 is 0 Å². The lowest BCUT2D eigenvalue weighted by Crippen LogP contribution is -2.42. The maximum atomic E-state index is 13.3. The second-order valence-electron chi connectivity index (χ2n) is 9.58. The molecular formula is C27H29NO5S. The van der Waals surface area contributed by atoms with Gasteiger partial charge in [0.2, 0.25) is 5.91 Å². The number of imide groups is 1. The van der Waals surface area contributed by atoms with Crippen LogP contribution in [0.1, 0.15) is 38.3 Å². The highest BCUT2D eigenvalue weighted by Crippen LogP contribution is 2.30. The number of esters is 1. The predicted octanol–water partition coefficient (Wildman–Crippen LogP) is 5.38. The fourth-order valence-corrected chi connectivity index (χ4v) is 5.17. The Morgan fingerprint density at radius 2 is 1.82 bits per heavy atom. The first kappa shape index (κ1) is 24.0. The van der Waals surface area contributed by atoms with Crippen molar-refractivity contribution in [3.05, 3.63) is 71.1 Å². The average molecular weight is 480 g/mol. The summed E-state index contributed by atoms with van der Waals surface area (Å²) < 4.78 is 12.0. The standard InChI is InChI=1S/C27H29NO5S/c1-27(2,3)33-25(30)19(14-20-17-34-23-12-8-7-11-22(20)23)15-24(29)28-21(16-32-26(28)31)13-18-9-5-4-6-10-18/h4-12,17,19,21H,13-16H2,1-3H3/t19-,21?/m0/s1. The van der Waals surface area contributed by atoms with Gasteiger partial charge in [-0.3, -0.25) is 9.59 Å². The van der Waals surface area contributed by atoms with Crippen molar-refractivity contribution >= 4 is 39.4 Å². The van der Waals surface area contributed by atoms with Crippen LogP contribution in [0.3, 0.4) is 0 Å². The van der Waals surface area contributed by atoms with Crippen LogP contribution >= 0.6 is 11.3 Å². The van der Waals surface area contributed by atoms with Crippen molar-refractivity contribution in [2.24, 2.45) is 5.92 Å². The quantitative estimate of drug-likeness (QED) is 0.425. The molecule has 0 aliphatic carbocycles. The number of fused-ring (bicyclic) bond motifs is 1. The van der Waals surface area contributed by atoms with Crippen LogP contribution in [0.15, 0.2) is 60.0 Å². The Balaban J connectivity index is 1.55. The van der Waals surface area contributed by atoms with E-state index < -0.39 is 35.5 Å². The van der Waals surface area contributed by atoms with Crippen molar-refractivity contribution in [3.8, 4) is 0 Å². The first-order chi connectivity index (χ1) is 16.2. The van der Waals surface area contributed by atoms with Gasteiger partial charge in [-0.05, 0) is 61.6 Å². The van der Waals surface area contributed by atoms with E-state index in [9.17, 15) is 14.4 Å². The summed E-state index contributed by atoms with van der Waals surface area (Å²) in [6.07, 6.45) is 0.0795. The highest BCUT2D eigenvalue weighted by Gasteiger charge is 2.40. The Labute approximate surface area is 203 Å². The maximum absolute atomic E-state index is 13.3. The number of cyclic esters (lactones) is 1. The Morgan fingerprint density at radius 1 is 1.12 bits per heavy atom. The lowest BCUT2D eigenvalue weighted by molar-refractivity contribution is -0.161. The molecule has 2 atom stereocenters. The van der Waals surface area contributed by atoms with Gasteiger partial charge in [-0.1, -0.05) is 48.5 Å². The number of benzene rings is 2. The highest BCUT2D eigenvalue weighted by atomic mass is 32.1. The van der Waals surface area contributed by atoms with Gasteiger partial charge in [-0.25, -0.2) is 9.69 Å². The van der Waals surface area contributed by atoms with E-state index in [1.165, 1.54) is 4.90 Å². The van der Waals surface area contributed by atoms with Gasteiger partial charge < -0.3 is 9.47 Å². The van der Waals surface area contributed by atoms with Gasteiger partial charge in [0.15, 0.2) is 0 Å². The number of carbonyl (C=O) groups is 3. The molecule has 0 bridgehead atoms. The smallest absolute Gasteiger partial charge is 0.416 e. The van der Waals surface area contributed by atoms with E-state index in [1.54, 1.807) is 32.1 Å². The molecule has 7 heteroatoms. The van der Waals surface area contributed by atoms with E-state index in [0.717, 1.165) is 21.2 Å². The maximum Gasteiger partial charge on any atom is 0.416 e. The molecule has 0 spiro atoms. The first-order valence-corrected chi connectivity index (χ1v) is 12.3. The topological polar surface area (TPSA) is 72.9 Å². The van der Waals surface area contributed by atoms with Crippen molar-refractivity contribution in [1.82, 2.24) is 4.90 Å². The van der Waals surface area contributed by atoms with Crippen LogP contribution in [0.2, 0.25) is 0 Å². The lowest BCUT2D eigenvalue weighted by atomic mass is 9.94. The summed E-state index contributed by atoms with van der Waals surface area (Å²) in [5.41, 5.74) is 1.32. The van der Waals surface area contributed by atoms with Gasteiger partial charge in [0.25, 0.3) is 0 Å². The lowest BCUT2D eigenvalue weighted by Gasteiger charge is -2.25. The Bertz CT molecular complexity index is 1180. The number of hydrogen-bond donors (Lipinski definition) is 0. The number of ether oxygens (including phenoxy) is 2. The van der Waals surface area contributed by atoms with Crippen molar-refractivity contribution in [2.45, 2.75) is 51.7 Å². The van der Waals surface area contributed by atoms with Crippen LogP contribution in [0.5, 0.6) is 0 Å².